The van der Waals surface area contributed by atoms with E-state index in [4.69, 9.17) is 14.2 Å². The Morgan fingerprint density at radius 2 is 2.12 bits per heavy atom. The Kier molecular flexibility index (Phi) is 7.13. The highest BCUT2D eigenvalue weighted by Crippen LogP contribution is 2.35. The fourth-order valence-electron chi connectivity index (χ4n) is 2.27. The van der Waals surface area contributed by atoms with Crippen LogP contribution in [0.4, 0.5) is 0 Å². The fraction of sp³-hybridized carbons (Fsp3) is 0.556. The highest BCUT2D eigenvalue weighted by molar-refractivity contribution is 8.14. The second-order valence-electron chi connectivity index (χ2n) is 5.84. The van der Waals surface area contributed by atoms with Crippen molar-refractivity contribution in [2.45, 2.75) is 32.7 Å². The van der Waals surface area contributed by atoms with Gasteiger partial charge in [-0.25, -0.2) is 4.79 Å². The van der Waals surface area contributed by atoms with Gasteiger partial charge in [-0.1, -0.05) is 6.92 Å². The summed E-state index contributed by atoms with van der Waals surface area (Å²) in [7, 11) is 0. The average molecular weight is 367 g/mol. The Labute approximate surface area is 152 Å². The standard InChI is InChI=1S/C18H25NO5S/c1-4-8-22-9-10-24-13-6-7-14(15(20)11-13)16-19-18(3,12-25-16)17(21)23-5-2/h6-7,11,20H,4-5,8-10,12H2,1-3H3/t18-/m1/s1. The second kappa shape index (κ2) is 9.10. The maximum Gasteiger partial charge on any atom is 0.334 e. The summed E-state index contributed by atoms with van der Waals surface area (Å²) in [5, 5.41) is 10.9. The van der Waals surface area contributed by atoms with Crippen molar-refractivity contribution in [2.24, 2.45) is 4.99 Å². The minimum absolute atomic E-state index is 0.0753. The number of phenolic OH excluding ortho intramolecular Hbond substituents is 1. The third kappa shape index (κ3) is 5.12. The number of hydrogen-bond acceptors (Lipinski definition) is 7. The van der Waals surface area contributed by atoms with Crippen molar-refractivity contribution in [1.82, 2.24) is 0 Å². The molecule has 0 saturated carbocycles. The fourth-order valence-corrected chi connectivity index (χ4v) is 3.47. The van der Waals surface area contributed by atoms with Gasteiger partial charge < -0.3 is 19.3 Å². The second-order valence-corrected chi connectivity index (χ2v) is 6.80. The van der Waals surface area contributed by atoms with Gasteiger partial charge in [0.25, 0.3) is 0 Å². The zero-order valence-corrected chi connectivity index (χ0v) is 15.7. The largest absolute Gasteiger partial charge is 0.507 e. The summed E-state index contributed by atoms with van der Waals surface area (Å²) in [5.74, 6) is 0.793. The Morgan fingerprint density at radius 1 is 1.32 bits per heavy atom. The van der Waals surface area contributed by atoms with E-state index >= 15 is 0 Å². The van der Waals surface area contributed by atoms with Crippen LogP contribution in [0.5, 0.6) is 11.5 Å². The van der Waals surface area contributed by atoms with E-state index in [-0.39, 0.29) is 11.7 Å². The minimum atomic E-state index is -0.908. The van der Waals surface area contributed by atoms with Crippen LogP contribution in [-0.2, 0) is 14.3 Å². The third-order valence-electron chi connectivity index (χ3n) is 3.60. The van der Waals surface area contributed by atoms with Gasteiger partial charge in [-0.2, -0.15) is 0 Å². The predicted molar refractivity (Wildman–Crippen MR) is 98.7 cm³/mol. The van der Waals surface area contributed by atoms with Crippen LogP contribution in [-0.4, -0.2) is 53.8 Å². The first-order valence-electron chi connectivity index (χ1n) is 8.44. The van der Waals surface area contributed by atoms with Gasteiger partial charge >= 0.3 is 5.97 Å². The lowest BCUT2D eigenvalue weighted by atomic mass is 10.1. The number of benzene rings is 1. The molecule has 1 aromatic rings. The van der Waals surface area contributed by atoms with Crippen molar-refractivity contribution in [3.63, 3.8) is 0 Å². The van der Waals surface area contributed by atoms with Gasteiger partial charge in [0.1, 0.15) is 23.1 Å². The van der Waals surface area contributed by atoms with Gasteiger partial charge in [0.2, 0.25) is 0 Å². The van der Waals surface area contributed by atoms with Gasteiger partial charge in [0.05, 0.1) is 13.2 Å². The number of aromatic hydroxyl groups is 1. The summed E-state index contributed by atoms with van der Waals surface area (Å²) in [6.07, 6.45) is 0.972. The molecule has 25 heavy (non-hydrogen) atoms. The summed E-state index contributed by atoms with van der Waals surface area (Å²) in [5.41, 5.74) is -0.318. The number of phenols is 1. The van der Waals surface area contributed by atoms with Crippen molar-refractivity contribution >= 4 is 22.8 Å². The topological polar surface area (TPSA) is 77.4 Å². The summed E-state index contributed by atoms with van der Waals surface area (Å²) in [4.78, 5) is 16.5. The number of carbonyl (C=O) groups is 1. The van der Waals surface area contributed by atoms with Crippen LogP contribution < -0.4 is 4.74 Å². The molecule has 0 amide bonds. The summed E-state index contributed by atoms with van der Waals surface area (Å²) in [6.45, 7) is 7.54. The molecule has 1 atom stereocenters. The molecule has 1 heterocycles. The number of nitrogens with zero attached hydrogens (tertiary/aromatic N) is 1. The van der Waals surface area contributed by atoms with Gasteiger partial charge in [-0.05, 0) is 32.4 Å². The van der Waals surface area contributed by atoms with Crippen LogP contribution >= 0.6 is 11.8 Å². The smallest absolute Gasteiger partial charge is 0.334 e. The van der Waals surface area contributed by atoms with Crippen LogP contribution in [0.15, 0.2) is 23.2 Å². The third-order valence-corrected chi connectivity index (χ3v) is 4.89. The normalized spacial score (nSPS) is 19.6. The summed E-state index contributed by atoms with van der Waals surface area (Å²) in [6, 6.07) is 5.08. The van der Waals surface area contributed by atoms with Crippen LogP contribution in [0.1, 0.15) is 32.8 Å². The number of carbonyl (C=O) groups excluding carboxylic acids is 1. The molecule has 1 N–H and O–H groups in total. The monoisotopic (exact) mass is 367 g/mol. The van der Waals surface area contributed by atoms with Crippen molar-refractivity contribution in [2.75, 3.05) is 32.2 Å². The molecule has 1 aliphatic rings. The zero-order chi connectivity index (χ0) is 18.3. The molecular formula is C18H25NO5S. The molecule has 6 nitrogen and oxygen atoms in total. The van der Waals surface area contributed by atoms with E-state index in [9.17, 15) is 9.90 Å². The molecule has 2 rings (SSSR count). The maximum absolute atomic E-state index is 12.0. The molecule has 0 spiro atoms. The molecular weight excluding hydrogens is 342 g/mol. The quantitative estimate of drug-likeness (QED) is 0.534. The number of esters is 1. The van der Waals surface area contributed by atoms with Crippen LogP contribution in [0.25, 0.3) is 0 Å². The van der Waals surface area contributed by atoms with E-state index in [1.165, 1.54) is 11.8 Å². The van der Waals surface area contributed by atoms with Crippen molar-refractivity contribution in [3.05, 3.63) is 23.8 Å². The predicted octanol–water partition coefficient (Wildman–Crippen LogP) is 3.01. The Balaban J connectivity index is 2.02. The molecule has 1 aromatic carbocycles. The van der Waals surface area contributed by atoms with Crippen molar-refractivity contribution in [1.29, 1.82) is 0 Å². The maximum atomic E-state index is 12.0. The van der Waals surface area contributed by atoms with Gasteiger partial charge in [-0.3, -0.25) is 4.99 Å². The van der Waals surface area contributed by atoms with E-state index in [1.54, 1.807) is 32.0 Å². The van der Waals surface area contributed by atoms with E-state index in [2.05, 4.69) is 4.99 Å². The summed E-state index contributed by atoms with van der Waals surface area (Å²) < 4.78 is 16.0. The molecule has 0 unspecified atom stereocenters. The molecule has 0 saturated heterocycles. The first kappa shape index (κ1) is 19.6. The van der Waals surface area contributed by atoms with E-state index in [0.29, 0.717) is 48.5 Å². The molecule has 0 aromatic heterocycles. The Morgan fingerprint density at radius 3 is 2.80 bits per heavy atom. The van der Waals surface area contributed by atoms with Gasteiger partial charge in [0.15, 0.2) is 5.54 Å². The lowest BCUT2D eigenvalue weighted by Gasteiger charge is -2.16. The summed E-state index contributed by atoms with van der Waals surface area (Å²) >= 11 is 1.43. The number of ether oxygens (including phenoxy) is 3. The molecule has 1 aliphatic heterocycles. The molecule has 0 radical (unpaired) electrons. The Hall–Kier alpha value is -1.73. The average Bonchev–Trinajstić information content (AvgIpc) is 2.98. The van der Waals surface area contributed by atoms with Gasteiger partial charge in [-0.15, -0.1) is 11.8 Å². The minimum Gasteiger partial charge on any atom is -0.507 e. The first-order chi connectivity index (χ1) is 12.0. The number of aliphatic imine (C=N–C) groups is 1. The lowest BCUT2D eigenvalue weighted by molar-refractivity contribution is -0.147. The lowest BCUT2D eigenvalue weighted by Crippen LogP contribution is -2.35. The van der Waals surface area contributed by atoms with Crippen molar-refractivity contribution < 1.29 is 24.1 Å². The van der Waals surface area contributed by atoms with E-state index in [1.807, 2.05) is 6.92 Å². The zero-order valence-electron chi connectivity index (χ0n) is 14.9. The van der Waals surface area contributed by atoms with Gasteiger partial charge in [0, 0.05) is 24.0 Å². The SMILES string of the molecule is CCCOCCOc1ccc(C2=N[C@@](C)(C(=O)OCC)CS2)c(O)c1. The molecule has 0 aliphatic carbocycles. The highest BCUT2D eigenvalue weighted by Gasteiger charge is 2.40. The van der Waals surface area contributed by atoms with E-state index < -0.39 is 5.54 Å². The van der Waals surface area contributed by atoms with Crippen molar-refractivity contribution in [3.8, 4) is 11.5 Å². The van der Waals surface area contributed by atoms with Crippen LogP contribution in [0, 0.1) is 0 Å². The van der Waals surface area contributed by atoms with Crippen LogP contribution in [0.2, 0.25) is 0 Å². The van der Waals surface area contributed by atoms with Crippen LogP contribution in [0.3, 0.4) is 0 Å². The molecule has 0 fully saturated rings. The Bertz CT molecular complexity index is 634. The first-order valence-corrected chi connectivity index (χ1v) is 9.42. The number of thioether (sulfide) groups is 1. The molecule has 7 heteroatoms. The number of hydrogen-bond donors (Lipinski definition) is 1. The van der Waals surface area contributed by atoms with E-state index in [0.717, 1.165) is 6.42 Å². The molecule has 138 valence electrons. The highest BCUT2D eigenvalue weighted by atomic mass is 32.2. The molecule has 0 bridgehead atoms. The number of rotatable bonds is 9.